The van der Waals surface area contributed by atoms with Crippen LogP contribution in [0.4, 0.5) is 0 Å². The van der Waals surface area contributed by atoms with Crippen LogP contribution in [0.5, 0.6) is 0 Å². The van der Waals surface area contributed by atoms with Crippen LogP contribution in [0.3, 0.4) is 0 Å². The van der Waals surface area contributed by atoms with Crippen LogP contribution in [0.15, 0.2) is 9.98 Å². The number of aliphatic imine (C=N–C) groups is 2. The molecule has 0 aromatic heterocycles. The standard InChI is InChI=1S/C5H13N5/c1-7-4(6)10-5(8-2)9-3/h1-3H3,(H4,6,7,8,9,10). The molecule has 0 atom stereocenters. The van der Waals surface area contributed by atoms with E-state index < -0.39 is 0 Å². The van der Waals surface area contributed by atoms with Gasteiger partial charge in [0.2, 0.25) is 0 Å². The van der Waals surface area contributed by atoms with Gasteiger partial charge in [0.05, 0.1) is 0 Å². The molecule has 0 aromatic carbocycles. The van der Waals surface area contributed by atoms with Crippen molar-refractivity contribution in [3.8, 4) is 0 Å². The minimum Gasteiger partial charge on any atom is -0.370 e. The Bertz CT molecular complexity index is 148. The number of nitrogens with two attached hydrogens (primary N) is 1. The third-order valence-electron chi connectivity index (χ3n) is 0.948. The van der Waals surface area contributed by atoms with Gasteiger partial charge in [-0.1, -0.05) is 0 Å². The highest BCUT2D eigenvalue weighted by Gasteiger charge is 1.92. The van der Waals surface area contributed by atoms with Gasteiger partial charge in [-0.05, 0) is 0 Å². The van der Waals surface area contributed by atoms with Gasteiger partial charge in [-0.3, -0.25) is 15.3 Å². The minimum atomic E-state index is 0.343. The lowest BCUT2D eigenvalue weighted by molar-refractivity contribution is 1.06. The molecule has 0 aliphatic rings. The molecule has 0 unspecified atom stereocenters. The summed E-state index contributed by atoms with van der Waals surface area (Å²) in [7, 11) is 5.01. The van der Waals surface area contributed by atoms with Crippen molar-refractivity contribution >= 4 is 11.9 Å². The zero-order chi connectivity index (χ0) is 7.98. The van der Waals surface area contributed by atoms with E-state index in [0.29, 0.717) is 11.9 Å². The molecule has 0 spiro atoms. The normalized spacial score (nSPS) is 13.1. The van der Waals surface area contributed by atoms with Gasteiger partial charge in [0.1, 0.15) is 0 Å². The van der Waals surface area contributed by atoms with Gasteiger partial charge in [-0.15, -0.1) is 0 Å². The molecule has 5 nitrogen and oxygen atoms in total. The zero-order valence-electron chi connectivity index (χ0n) is 6.47. The molecule has 0 aliphatic carbocycles. The van der Waals surface area contributed by atoms with Gasteiger partial charge in [-0.2, -0.15) is 0 Å². The Morgan fingerprint density at radius 1 is 1.30 bits per heavy atom. The summed E-state index contributed by atoms with van der Waals surface area (Å²) < 4.78 is 0. The number of rotatable bonds is 0. The second-order valence-corrected chi connectivity index (χ2v) is 1.56. The first-order chi connectivity index (χ1) is 4.74. The van der Waals surface area contributed by atoms with E-state index in [0.717, 1.165) is 0 Å². The largest absolute Gasteiger partial charge is 0.370 e. The van der Waals surface area contributed by atoms with Gasteiger partial charge in [0.25, 0.3) is 0 Å². The lowest BCUT2D eigenvalue weighted by Gasteiger charge is -2.05. The van der Waals surface area contributed by atoms with Crippen molar-refractivity contribution in [3.63, 3.8) is 0 Å². The summed E-state index contributed by atoms with van der Waals surface area (Å²) in [5.41, 5.74) is 5.34. The molecule has 0 fully saturated rings. The van der Waals surface area contributed by atoms with E-state index in [2.05, 4.69) is 20.6 Å². The topological polar surface area (TPSA) is 74.8 Å². The number of nitrogens with one attached hydrogen (secondary N) is 2. The zero-order valence-corrected chi connectivity index (χ0v) is 6.47. The molecule has 5 heteroatoms. The summed E-state index contributed by atoms with van der Waals surface area (Å²) in [6.07, 6.45) is 0. The van der Waals surface area contributed by atoms with Gasteiger partial charge < -0.3 is 11.1 Å². The molecule has 0 amide bonds. The van der Waals surface area contributed by atoms with Gasteiger partial charge >= 0.3 is 0 Å². The Morgan fingerprint density at radius 3 is 2.20 bits per heavy atom. The summed E-state index contributed by atoms with van der Waals surface area (Å²) in [4.78, 5) is 7.51. The van der Waals surface area contributed by atoms with Gasteiger partial charge in [-0.25, -0.2) is 0 Å². The van der Waals surface area contributed by atoms with Crippen molar-refractivity contribution in [1.29, 1.82) is 0 Å². The molecule has 0 aliphatic heterocycles. The third-order valence-corrected chi connectivity index (χ3v) is 0.948. The van der Waals surface area contributed by atoms with E-state index >= 15 is 0 Å². The van der Waals surface area contributed by atoms with Crippen LogP contribution in [0, 0.1) is 0 Å². The highest BCUT2D eigenvalue weighted by Crippen LogP contribution is 1.63. The van der Waals surface area contributed by atoms with Crippen LogP contribution >= 0.6 is 0 Å². The van der Waals surface area contributed by atoms with Crippen molar-refractivity contribution in [2.45, 2.75) is 0 Å². The molecule has 58 valence electrons. The first-order valence-corrected chi connectivity index (χ1v) is 2.88. The lowest BCUT2D eigenvalue weighted by Crippen LogP contribution is -2.43. The fraction of sp³-hybridized carbons (Fsp3) is 0.600. The summed E-state index contributed by atoms with van der Waals surface area (Å²) in [6, 6.07) is 0. The molecule has 4 N–H and O–H groups in total. The van der Waals surface area contributed by atoms with Crippen LogP contribution in [0.1, 0.15) is 0 Å². The summed E-state index contributed by atoms with van der Waals surface area (Å²) in [5.74, 6) is 0.943. The maximum Gasteiger partial charge on any atom is 0.197 e. The van der Waals surface area contributed by atoms with Crippen molar-refractivity contribution in [3.05, 3.63) is 0 Å². The van der Waals surface area contributed by atoms with Crippen LogP contribution < -0.4 is 16.4 Å². The van der Waals surface area contributed by atoms with Gasteiger partial charge in [0, 0.05) is 21.1 Å². The Balaban J connectivity index is 3.88. The SMILES string of the molecule is CN=C(N)NC(=NC)NC. The molecule has 0 aromatic rings. The molecular weight excluding hydrogens is 130 g/mol. The summed E-state index contributed by atoms with van der Waals surface area (Å²) in [6.45, 7) is 0. The number of hydrogen-bond acceptors (Lipinski definition) is 2. The predicted octanol–water partition coefficient (Wildman–Crippen LogP) is -1.27. The van der Waals surface area contributed by atoms with Crippen molar-refractivity contribution in [2.24, 2.45) is 15.7 Å². The third kappa shape index (κ3) is 2.91. The van der Waals surface area contributed by atoms with E-state index in [1.165, 1.54) is 0 Å². The average Bonchev–Trinajstić information content (AvgIpc) is 1.99. The van der Waals surface area contributed by atoms with Crippen molar-refractivity contribution in [2.75, 3.05) is 21.1 Å². The van der Waals surface area contributed by atoms with Gasteiger partial charge in [0.15, 0.2) is 11.9 Å². The summed E-state index contributed by atoms with van der Waals surface area (Å²) in [5, 5.41) is 5.53. The van der Waals surface area contributed by atoms with E-state index in [1.807, 2.05) is 0 Å². The Kier molecular flexibility index (Phi) is 4.02. The predicted molar refractivity (Wildman–Crippen MR) is 43.1 cm³/mol. The molecule has 0 rings (SSSR count). The first kappa shape index (κ1) is 8.74. The second kappa shape index (κ2) is 4.60. The van der Waals surface area contributed by atoms with Crippen LogP contribution in [0.25, 0.3) is 0 Å². The highest BCUT2D eigenvalue weighted by atomic mass is 15.2. The lowest BCUT2D eigenvalue weighted by atomic mass is 10.8. The summed E-state index contributed by atoms with van der Waals surface area (Å²) >= 11 is 0. The number of guanidine groups is 2. The number of nitrogens with zero attached hydrogens (tertiary/aromatic N) is 2. The Hall–Kier alpha value is -1.26. The van der Waals surface area contributed by atoms with E-state index in [9.17, 15) is 0 Å². The monoisotopic (exact) mass is 143 g/mol. The van der Waals surface area contributed by atoms with Crippen LogP contribution in [-0.4, -0.2) is 33.1 Å². The quantitative estimate of drug-likeness (QED) is 0.292. The molecular formula is C5H13N5. The molecule has 10 heavy (non-hydrogen) atoms. The molecule has 0 radical (unpaired) electrons. The van der Waals surface area contributed by atoms with Crippen molar-refractivity contribution < 1.29 is 0 Å². The first-order valence-electron chi connectivity index (χ1n) is 2.88. The maximum absolute atomic E-state index is 5.34. The van der Waals surface area contributed by atoms with Crippen LogP contribution in [-0.2, 0) is 0 Å². The fourth-order valence-electron chi connectivity index (χ4n) is 0.407. The molecule has 0 saturated carbocycles. The second-order valence-electron chi connectivity index (χ2n) is 1.56. The highest BCUT2D eigenvalue weighted by molar-refractivity contribution is 5.97. The molecule has 0 heterocycles. The van der Waals surface area contributed by atoms with E-state index in [-0.39, 0.29) is 0 Å². The van der Waals surface area contributed by atoms with Crippen LogP contribution in [0.2, 0.25) is 0 Å². The smallest absolute Gasteiger partial charge is 0.197 e. The fourth-order valence-corrected chi connectivity index (χ4v) is 0.407. The average molecular weight is 143 g/mol. The van der Waals surface area contributed by atoms with E-state index in [1.54, 1.807) is 21.1 Å². The van der Waals surface area contributed by atoms with Crippen molar-refractivity contribution in [1.82, 2.24) is 10.6 Å². The number of hydrogen-bond donors (Lipinski definition) is 3. The Labute approximate surface area is 60.4 Å². The maximum atomic E-state index is 5.34. The minimum absolute atomic E-state index is 0.343. The molecule has 0 bridgehead atoms. The molecule has 0 saturated heterocycles. The Morgan fingerprint density at radius 2 is 1.90 bits per heavy atom. The van der Waals surface area contributed by atoms with E-state index in [4.69, 9.17) is 5.73 Å².